The van der Waals surface area contributed by atoms with E-state index >= 15 is 0 Å². The van der Waals surface area contributed by atoms with E-state index < -0.39 is 10.0 Å². The molecular weight excluding hydrogens is 218 g/mol. The van der Waals surface area contributed by atoms with Crippen molar-refractivity contribution in [1.29, 1.82) is 0 Å². The lowest BCUT2D eigenvalue weighted by atomic mass is 10.2. The fourth-order valence-corrected chi connectivity index (χ4v) is 3.42. The Labute approximate surface area is 88.0 Å². The average Bonchev–Trinajstić information content (AvgIpc) is 2.89. The first-order valence-electron chi connectivity index (χ1n) is 4.78. The fraction of sp³-hybridized carbons (Fsp3) is 0.625. The summed E-state index contributed by atoms with van der Waals surface area (Å²) >= 11 is 0. The highest BCUT2D eigenvalue weighted by Crippen LogP contribution is 2.24. The lowest BCUT2D eigenvalue weighted by Crippen LogP contribution is -2.37. The normalized spacial score (nSPS) is 23.4. The van der Waals surface area contributed by atoms with Crippen LogP contribution in [0.25, 0.3) is 0 Å². The maximum Gasteiger partial charge on any atom is 0.246 e. The molecule has 1 aliphatic rings. The second kappa shape index (κ2) is 3.92. The van der Waals surface area contributed by atoms with Crippen molar-refractivity contribution in [2.75, 3.05) is 13.2 Å². The molecule has 6 nitrogen and oxygen atoms in total. The molecule has 0 amide bonds. The summed E-state index contributed by atoms with van der Waals surface area (Å²) < 4.78 is 25.4. The molecule has 0 unspecified atom stereocenters. The van der Waals surface area contributed by atoms with Gasteiger partial charge in [-0.15, -0.1) is 0 Å². The van der Waals surface area contributed by atoms with Crippen LogP contribution in [-0.4, -0.2) is 47.2 Å². The third-order valence-electron chi connectivity index (χ3n) is 2.61. The number of hydrogen-bond acceptors (Lipinski definition) is 4. The fourth-order valence-electron chi connectivity index (χ4n) is 1.82. The van der Waals surface area contributed by atoms with Gasteiger partial charge in [0.25, 0.3) is 0 Å². The molecule has 7 heteroatoms. The minimum Gasteiger partial charge on any atom is -0.395 e. The van der Waals surface area contributed by atoms with Crippen LogP contribution in [0.5, 0.6) is 0 Å². The van der Waals surface area contributed by atoms with Gasteiger partial charge in [-0.2, -0.15) is 9.40 Å². The highest BCUT2D eigenvalue weighted by molar-refractivity contribution is 7.89. The van der Waals surface area contributed by atoms with Gasteiger partial charge in [0, 0.05) is 18.8 Å². The first-order chi connectivity index (χ1) is 7.16. The summed E-state index contributed by atoms with van der Waals surface area (Å²) in [7, 11) is -3.48. The van der Waals surface area contributed by atoms with E-state index in [9.17, 15) is 8.42 Å². The van der Waals surface area contributed by atoms with E-state index in [0.29, 0.717) is 13.0 Å². The van der Waals surface area contributed by atoms with E-state index in [1.54, 1.807) is 0 Å². The van der Waals surface area contributed by atoms with Gasteiger partial charge in [-0.3, -0.25) is 5.10 Å². The van der Waals surface area contributed by atoms with E-state index in [2.05, 4.69) is 10.2 Å². The number of aliphatic hydroxyl groups is 1. The maximum absolute atomic E-state index is 12.0. The predicted molar refractivity (Wildman–Crippen MR) is 52.6 cm³/mol. The molecule has 1 aromatic rings. The van der Waals surface area contributed by atoms with Gasteiger partial charge in [0.1, 0.15) is 4.90 Å². The molecule has 0 radical (unpaired) electrons. The van der Waals surface area contributed by atoms with Crippen molar-refractivity contribution in [3.8, 4) is 0 Å². The largest absolute Gasteiger partial charge is 0.395 e. The van der Waals surface area contributed by atoms with Crippen LogP contribution in [0.1, 0.15) is 12.8 Å². The van der Waals surface area contributed by atoms with Crippen molar-refractivity contribution in [2.45, 2.75) is 23.8 Å². The minimum absolute atomic E-state index is 0.128. The predicted octanol–water partition coefficient (Wildman–Crippen LogP) is -0.445. The molecule has 84 valence electrons. The molecule has 0 saturated carbocycles. The van der Waals surface area contributed by atoms with Gasteiger partial charge in [0.05, 0.1) is 12.8 Å². The van der Waals surface area contributed by atoms with Crippen molar-refractivity contribution >= 4 is 10.0 Å². The monoisotopic (exact) mass is 231 g/mol. The second-order valence-electron chi connectivity index (χ2n) is 3.53. The van der Waals surface area contributed by atoms with E-state index in [4.69, 9.17) is 5.11 Å². The molecule has 0 spiro atoms. The highest BCUT2D eigenvalue weighted by Gasteiger charge is 2.35. The summed E-state index contributed by atoms with van der Waals surface area (Å²) in [6, 6.07) is -0.287. The van der Waals surface area contributed by atoms with Crippen LogP contribution in [-0.2, 0) is 10.0 Å². The highest BCUT2D eigenvalue weighted by atomic mass is 32.2. The maximum atomic E-state index is 12.0. The molecule has 0 bridgehead atoms. The van der Waals surface area contributed by atoms with Gasteiger partial charge >= 0.3 is 0 Å². The van der Waals surface area contributed by atoms with E-state index in [-0.39, 0.29) is 17.5 Å². The molecule has 1 fully saturated rings. The van der Waals surface area contributed by atoms with E-state index in [1.807, 2.05) is 0 Å². The zero-order chi connectivity index (χ0) is 10.9. The Morgan fingerprint density at radius 3 is 3.07 bits per heavy atom. The van der Waals surface area contributed by atoms with Crippen LogP contribution in [0, 0.1) is 0 Å². The van der Waals surface area contributed by atoms with Crippen molar-refractivity contribution in [3.63, 3.8) is 0 Å². The Morgan fingerprint density at radius 1 is 1.67 bits per heavy atom. The number of aromatic amines is 1. The number of hydrogen-bond donors (Lipinski definition) is 2. The molecule has 0 aromatic carbocycles. The number of sulfonamides is 1. The average molecular weight is 231 g/mol. The second-order valence-corrected chi connectivity index (χ2v) is 5.42. The Bertz CT molecular complexity index is 414. The summed E-state index contributed by atoms with van der Waals surface area (Å²) in [4.78, 5) is 0.155. The number of aliphatic hydroxyl groups excluding tert-OH is 1. The molecule has 1 aliphatic heterocycles. The van der Waals surface area contributed by atoms with E-state index in [1.165, 1.54) is 16.7 Å². The lowest BCUT2D eigenvalue weighted by Gasteiger charge is -2.21. The smallest absolute Gasteiger partial charge is 0.246 e. The summed E-state index contributed by atoms with van der Waals surface area (Å²) in [6.07, 6.45) is 4.14. The molecule has 2 heterocycles. The third kappa shape index (κ3) is 1.77. The van der Waals surface area contributed by atoms with Crippen LogP contribution in [0.3, 0.4) is 0 Å². The quantitative estimate of drug-likeness (QED) is 0.738. The molecule has 1 aromatic heterocycles. The lowest BCUT2D eigenvalue weighted by molar-refractivity contribution is 0.213. The van der Waals surface area contributed by atoms with Crippen molar-refractivity contribution in [1.82, 2.24) is 14.5 Å². The molecule has 1 saturated heterocycles. The van der Waals surface area contributed by atoms with Crippen LogP contribution in [0.2, 0.25) is 0 Å². The Morgan fingerprint density at radius 2 is 2.47 bits per heavy atom. The van der Waals surface area contributed by atoms with Crippen molar-refractivity contribution < 1.29 is 13.5 Å². The van der Waals surface area contributed by atoms with Gasteiger partial charge in [0.2, 0.25) is 10.0 Å². The van der Waals surface area contributed by atoms with E-state index in [0.717, 1.165) is 6.42 Å². The van der Waals surface area contributed by atoms with Gasteiger partial charge in [0.15, 0.2) is 0 Å². The van der Waals surface area contributed by atoms with Crippen molar-refractivity contribution in [3.05, 3.63) is 12.4 Å². The first-order valence-corrected chi connectivity index (χ1v) is 6.22. The van der Waals surface area contributed by atoms with Crippen LogP contribution in [0.4, 0.5) is 0 Å². The van der Waals surface area contributed by atoms with Gasteiger partial charge in [-0.1, -0.05) is 0 Å². The standard InChI is InChI=1S/C8H13N3O3S/c12-6-7-2-1-3-11(7)15(13,14)8-4-9-10-5-8/h4-5,7,12H,1-3,6H2,(H,9,10)/t7-/m0/s1. The van der Waals surface area contributed by atoms with Crippen LogP contribution < -0.4 is 0 Å². The summed E-state index contributed by atoms with van der Waals surface area (Å²) in [6.45, 7) is 0.343. The van der Waals surface area contributed by atoms with Crippen LogP contribution in [0.15, 0.2) is 17.3 Å². The zero-order valence-corrected chi connectivity index (χ0v) is 8.94. The Hall–Kier alpha value is -0.920. The van der Waals surface area contributed by atoms with Gasteiger partial charge in [-0.25, -0.2) is 8.42 Å². The van der Waals surface area contributed by atoms with Gasteiger partial charge in [-0.05, 0) is 12.8 Å². The Kier molecular flexibility index (Phi) is 2.76. The number of aromatic nitrogens is 2. The molecule has 15 heavy (non-hydrogen) atoms. The molecule has 0 aliphatic carbocycles. The van der Waals surface area contributed by atoms with Crippen LogP contribution >= 0.6 is 0 Å². The number of nitrogens with one attached hydrogen (secondary N) is 1. The Balaban J connectivity index is 2.30. The molecule has 2 rings (SSSR count). The van der Waals surface area contributed by atoms with Gasteiger partial charge < -0.3 is 5.11 Å². The number of rotatable bonds is 3. The summed E-state index contributed by atoms with van der Waals surface area (Å²) in [5, 5.41) is 15.2. The molecular formula is C8H13N3O3S. The summed E-state index contributed by atoms with van der Waals surface area (Å²) in [5.41, 5.74) is 0. The molecule has 1 atom stereocenters. The third-order valence-corrected chi connectivity index (χ3v) is 4.53. The SMILES string of the molecule is O=S(=O)(c1cn[nH]c1)N1CCC[C@H]1CO. The van der Waals surface area contributed by atoms with Crippen molar-refractivity contribution in [2.24, 2.45) is 0 Å². The topological polar surface area (TPSA) is 86.3 Å². The first kappa shape index (κ1) is 10.6. The zero-order valence-electron chi connectivity index (χ0n) is 8.13. The molecule has 2 N–H and O–H groups in total. The minimum atomic E-state index is -3.48. The number of H-pyrrole nitrogens is 1. The summed E-state index contributed by atoms with van der Waals surface area (Å²) in [5.74, 6) is 0. The number of nitrogens with zero attached hydrogens (tertiary/aromatic N) is 2.